The molecule has 0 saturated heterocycles. The molecular weight excluding hydrogens is 677 g/mol. The molecule has 1 fully saturated rings. The average Bonchev–Trinajstić information content (AvgIpc) is 3.71. The number of fused-ring (bicyclic) bond motifs is 7. The first kappa shape index (κ1) is 32.0. The summed E-state index contributed by atoms with van der Waals surface area (Å²) in [6.45, 7) is 5.26. The summed E-state index contributed by atoms with van der Waals surface area (Å²) in [5, 5.41) is 1.30. The Kier molecular flexibility index (Phi) is 6.65. The van der Waals surface area contributed by atoms with Crippen LogP contribution in [-0.4, -0.2) is 16.8 Å². The van der Waals surface area contributed by atoms with E-state index in [1.807, 2.05) is 0 Å². The second-order valence-corrected chi connectivity index (χ2v) is 16.8. The summed E-state index contributed by atoms with van der Waals surface area (Å²) in [5.41, 5.74) is 19.6. The zero-order chi connectivity index (χ0) is 37.2. The van der Waals surface area contributed by atoms with Crippen LogP contribution in [-0.2, 0) is 5.41 Å². The van der Waals surface area contributed by atoms with Crippen LogP contribution in [0.1, 0.15) is 45.1 Å². The molecule has 2 atom stereocenters. The van der Waals surface area contributed by atoms with Gasteiger partial charge in [-0.3, -0.25) is 0 Å². The minimum absolute atomic E-state index is 0.0442. The zero-order valence-corrected chi connectivity index (χ0v) is 31.9. The lowest BCUT2D eigenvalue weighted by atomic mass is 9.33. The summed E-state index contributed by atoms with van der Waals surface area (Å²) >= 11 is 0. The predicted molar refractivity (Wildman–Crippen MR) is 236 cm³/mol. The van der Waals surface area contributed by atoms with Crippen LogP contribution < -0.4 is 26.2 Å². The maximum absolute atomic E-state index is 2.85. The van der Waals surface area contributed by atoms with Gasteiger partial charge in [-0.05, 0) is 89.2 Å². The maximum atomic E-state index is 2.85. The van der Waals surface area contributed by atoms with Crippen molar-refractivity contribution in [2.45, 2.75) is 50.5 Å². The second-order valence-electron chi connectivity index (χ2n) is 16.8. The first-order chi connectivity index (χ1) is 27.6. The van der Waals surface area contributed by atoms with Gasteiger partial charge >= 0.3 is 0 Å². The third-order valence-corrected chi connectivity index (χ3v) is 14.1. The van der Waals surface area contributed by atoms with Gasteiger partial charge in [-0.2, -0.15) is 0 Å². The van der Waals surface area contributed by atoms with Crippen LogP contribution in [0.3, 0.4) is 0 Å². The van der Waals surface area contributed by atoms with E-state index in [1.54, 1.807) is 0 Å². The standard InChI is InChI=1S/C52H42BN3/c1-51-31-15-16-32-52(51,2)56-45-34-39(54(37-23-11-5-12-24-37)38-25-13-6-14-26-38)33-44-47(45)53(43-30-18-28-41(51)50(43)56)42-29-17-27-40-46(35-19-7-3-8-20-35)48(55(44)49(40)42)36-21-9-4-10-22-36/h3-14,17-30,33-34H,15-16,31-32H2,1-2H3. The number of aromatic nitrogens is 1. The third-order valence-electron chi connectivity index (χ3n) is 14.1. The Balaban J connectivity index is 1.27. The summed E-state index contributed by atoms with van der Waals surface area (Å²) in [4.78, 5) is 5.31. The van der Waals surface area contributed by atoms with E-state index >= 15 is 0 Å². The molecule has 0 spiro atoms. The maximum Gasteiger partial charge on any atom is 0.252 e. The molecule has 7 aromatic carbocycles. The molecule has 1 aliphatic carbocycles. The second kappa shape index (κ2) is 11.6. The molecule has 3 aliphatic heterocycles. The molecule has 2 unspecified atom stereocenters. The molecule has 0 radical (unpaired) electrons. The topological polar surface area (TPSA) is 11.4 Å². The molecule has 56 heavy (non-hydrogen) atoms. The van der Waals surface area contributed by atoms with Gasteiger partial charge in [0.15, 0.2) is 0 Å². The average molecular weight is 720 g/mol. The van der Waals surface area contributed by atoms with Crippen molar-refractivity contribution in [2.75, 3.05) is 9.80 Å². The quantitative estimate of drug-likeness (QED) is 0.164. The number of rotatable bonds is 5. The molecule has 8 aromatic rings. The van der Waals surface area contributed by atoms with E-state index in [2.05, 4.69) is 198 Å². The van der Waals surface area contributed by atoms with Crippen molar-refractivity contribution in [3.8, 4) is 28.1 Å². The minimum Gasteiger partial charge on any atom is -0.335 e. The van der Waals surface area contributed by atoms with E-state index in [0.717, 1.165) is 11.4 Å². The molecule has 1 aromatic heterocycles. The molecule has 3 nitrogen and oxygen atoms in total. The Bertz CT molecular complexity index is 2810. The van der Waals surface area contributed by atoms with Crippen molar-refractivity contribution in [1.82, 2.24) is 4.57 Å². The van der Waals surface area contributed by atoms with Crippen LogP contribution in [0, 0.1) is 0 Å². The van der Waals surface area contributed by atoms with Crippen LogP contribution in [0.2, 0.25) is 0 Å². The van der Waals surface area contributed by atoms with Crippen LogP contribution in [0.4, 0.5) is 28.4 Å². The van der Waals surface area contributed by atoms with E-state index in [1.165, 1.54) is 104 Å². The van der Waals surface area contributed by atoms with Crippen molar-refractivity contribution in [2.24, 2.45) is 0 Å². The zero-order valence-electron chi connectivity index (χ0n) is 31.9. The highest BCUT2D eigenvalue weighted by molar-refractivity contribution is 7.00. The Labute approximate surface area is 329 Å². The lowest BCUT2D eigenvalue weighted by Crippen LogP contribution is -2.64. The van der Waals surface area contributed by atoms with Gasteiger partial charge in [0.2, 0.25) is 0 Å². The molecule has 4 aliphatic rings. The Hall–Kier alpha value is -6.26. The van der Waals surface area contributed by atoms with E-state index < -0.39 is 0 Å². The molecular formula is C52H42BN3. The van der Waals surface area contributed by atoms with Gasteiger partial charge in [0, 0.05) is 50.3 Å². The highest BCUT2D eigenvalue weighted by atomic mass is 15.3. The lowest BCUT2D eigenvalue weighted by Gasteiger charge is -2.52. The number of hydrogen-bond donors (Lipinski definition) is 0. The molecule has 0 N–H and O–H groups in total. The Morgan fingerprint density at radius 1 is 0.554 bits per heavy atom. The van der Waals surface area contributed by atoms with Crippen molar-refractivity contribution >= 4 is 62.4 Å². The normalized spacial score (nSPS) is 19.8. The van der Waals surface area contributed by atoms with E-state index in [-0.39, 0.29) is 17.7 Å². The monoisotopic (exact) mass is 719 g/mol. The van der Waals surface area contributed by atoms with Crippen LogP contribution in [0.15, 0.2) is 170 Å². The van der Waals surface area contributed by atoms with Crippen molar-refractivity contribution in [1.29, 1.82) is 0 Å². The highest BCUT2D eigenvalue weighted by Gasteiger charge is 2.61. The number of anilines is 5. The lowest BCUT2D eigenvalue weighted by molar-refractivity contribution is 0.195. The summed E-state index contributed by atoms with van der Waals surface area (Å²) in [5.74, 6) is 0. The van der Waals surface area contributed by atoms with E-state index in [4.69, 9.17) is 0 Å². The van der Waals surface area contributed by atoms with Gasteiger partial charge < -0.3 is 14.4 Å². The van der Waals surface area contributed by atoms with Crippen molar-refractivity contribution < 1.29 is 0 Å². The van der Waals surface area contributed by atoms with Gasteiger partial charge in [-0.25, -0.2) is 0 Å². The van der Waals surface area contributed by atoms with Gasteiger partial charge in [0.25, 0.3) is 6.71 Å². The molecule has 268 valence electrons. The molecule has 4 heterocycles. The fourth-order valence-electron chi connectivity index (χ4n) is 11.5. The first-order valence-electron chi connectivity index (χ1n) is 20.4. The summed E-state index contributed by atoms with van der Waals surface area (Å²) < 4.78 is 2.66. The molecule has 0 bridgehead atoms. The largest absolute Gasteiger partial charge is 0.335 e. The van der Waals surface area contributed by atoms with Gasteiger partial charge in [0.05, 0.1) is 16.9 Å². The van der Waals surface area contributed by atoms with E-state index in [9.17, 15) is 0 Å². The Morgan fingerprint density at radius 2 is 1.14 bits per heavy atom. The number of nitrogens with zero attached hydrogens (tertiary/aromatic N) is 3. The van der Waals surface area contributed by atoms with Gasteiger partial charge in [-0.15, -0.1) is 0 Å². The molecule has 4 heteroatoms. The first-order valence-corrected chi connectivity index (χ1v) is 20.4. The highest BCUT2D eigenvalue weighted by Crippen LogP contribution is 2.62. The van der Waals surface area contributed by atoms with Gasteiger partial charge in [0.1, 0.15) is 0 Å². The number of benzene rings is 7. The molecule has 12 rings (SSSR count). The van der Waals surface area contributed by atoms with Crippen LogP contribution >= 0.6 is 0 Å². The number of hydrogen-bond acceptors (Lipinski definition) is 2. The van der Waals surface area contributed by atoms with Crippen molar-refractivity contribution in [3.63, 3.8) is 0 Å². The number of para-hydroxylation sites is 4. The fraction of sp³-hybridized carbons (Fsp3) is 0.154. The molecule has 1 saturated carbocycles. The molecule has 0 amide bonds. The minimum atomic E-state index is -0.0637. The van der Waals surface area contributed by atoms with E-state index in [0.29, 0.717) is 0 Å². The smallest absolute Gasteiger partial charge is 0.252 e. The Morgan fingerprint density at radius 3 is 1.84 bits per heavy atom. The van der Waals surface area contributed by atoms with Crippen molar-refractivity contribution in [3.05, 3.63) is 175 Å². The predicted octanol–water partition coefficient (Wildman–Crippen LogP) is 11.3. The summed E-state index contributed by atoms with van der Waals surface area (Å²) in [6.07, 6.45) is 4.89. The SMILES string of the molecule is CC12CCCCC1(C)N1c3cc(N(c4ccccc4)c4ccccc4)cc4c3B(c3cccc2c31)c1cccc2c(-c3ccccc3)c(-c3ccccc3)n-4c12. The van der Waals surface area contributed by atoms with Crippen LogP contribution in [0.5, 0.6) is 0 Å². The van der Waals surface area contributed by atoms with Gasteiger partial charge in [-0.1, -0.05) is 153 Å². The fourth-order valence-corrected chi connectivity index (χ4v) is 11.5. The summed E-state index contributed by atoms with van der Waals surface area (Å²) in [6, 6.07) is 63.4. The summed E-state index contributed by atoms with van der Waals surface area (Å²) in [7, 11) is 0. The van der Waals surface area contributed by atoms with Crippen LogP contribution in [0.25, 0.3) is 39.0 Å². The third kappa shape index (κ3) is 4.09.